The number of amides is 1. The maximum absolute atomic E-state index is 13.9. The predicted octanol–water partition coefficient (Wildman–Crippen LogP) is 6.32. The summed E-state index contributed by atoms with van der Waals surface area (Å²) in [5, 5.41) is 20.1. The van der Waals surface area contributed by atoms with Crippen LogP contribution in [-0.4, -0.2) is 33.9 Å². The summed E-state index contributed by atoms with van der Waals surface area (Å²) in [6.45, 7) is 4.07. The first-order valence-corrected chi connectivity index (χ1v) is 12.7. The summed E-state index contributed by atoms with van der Waals surface area (Å²) in [7, 11) is 0. The van der Waals surface area contributed by atoms with E-state index < -0.39 is 11.8 Å². The highest BCUT2D eigenvalue weighted by Gasteiger charge is 2.39. The fourth-order valence-electron chi connectivity index (χ4n) is 5.11. The van der Waals surface area contributed by atoms with Crippen molar-refractivity contribution in [2.24, 2.45) is 11.8 Å². The van der Waals surface area contributed by atoms with Gasteiger partial charge in [0.25, 0.3) is 0 Å². The molecular weight excluding hydrogens is 438 g/mol. The van der Waals surface area contributed by atoms with E-state index in [1.165, 1.54) is 11.3 Å². The van der Waals surface area contributed by atoms with Gasteiger partial charge in [0.05, 0.1) is 11.3 Å². The molecule has 0 aliphatic heterocycles. The van der Waals surface area contributed by atoms with Crippen molar-refractivity contribution in [2.75, 3.05) is 4.90 Å². The second-order valence-electron chi connectivity index (χ2n) is 9.91. The third kappa shape index (κ3) is 5.58. The number of aliphatic hydroxyl groups is 1. The number of carbonyl (C=O) groups is 2. The number of rotatable bonds is 5. The Morgan fingerprint density at radius 2 is 1.70 bits per heavy atom. The molecular formula is C26H33NO5S. The molecule has 2 saturated carbocycles. The number of thiophene rings is 1. The summed E-state index contributed by atoms with van der Waals surface area (Å²) in [4.78, 5) is 28.1. The van der Waals surface area contributed by atoms with Crippen LogP contribution in [0.5, 0.6) is 5.06 Å². The Morgan fingerprint density at radius 3 is 2.30 bits per heavy atom. The van der Waals surface area contributed by atoms with Crippen LogP contribution in [0.3, 0.4) is 0 Å². The van der Waals surface area contributed by atoms with Crippen LogP contribution in [0.4, 0.5) is 10.5 Å². The van der Waals surface area contributed by atoms with Crippen molar-refractivity contribution in [2.45, 2.75) is 76.9 Å². The largest absolute Gasteiger partial charge is 0.512 e. The highest BCUT2D eigenvalue weighted by molar-refractivity contribution is 7.18. The zero-order valence-corrected chi connectivity index (χ0v) is 20.1. The van der Waals surface area contributed by atoms with E-state index in [-0.39, 0.29) is 22.9 Å². The van der Waals surface area contributed by atoms with E-state index in [1.807, 2.05) is 48.2 Å². The molecule has 2 aliphatic rings. The molecule has 0 bridgehead atoms. The number of hydrogen-bond donors (Lipinski definition) is 2. The van der Waals surface area contributed by atoms with E-state index in [0.29, 0.717) is 37.3 Å². The van der Waals surface area contributed by atoms with Crippen LogP contribution in [-0.2, 0) is 4.79 Å². The number of anilines is 1. The Kier molecular flexibility index (Phi) is 7.10. The SMILES string of the molecule is CC1CCC(C(=O)N(c2cc(-c3ccccc3)sc2OC(=O)O)C2CCC(C)(O)CC2)CC1. The molecule has 2 aromatic rings. The summed E-state index contributed by atoms with van der Waals surface area (Å²) in [5.41, 5.74) is 0.765. The van der Waals surface area contributed by atoms with E-state index >= 15 is 0 Å². The van der Waals surface area contributed by atoms with Gasteiger partial charge in [-0.25, -0.2) is 4.79 Å². The van der Waals surface area contributed by atoms with E-state index in [9.17, 15) is 19.8 Å². The molecule has 2 N–H and O–H groups in total. The van der Waals surface area contributed by atoms with Gasteiger partial charge >= 0.3 is 6.16 Å². The Hall–Kier alpha value is -2.38. The molecule has 0 saturated heterocycles. The lowest BCUT2D eigenvalue weighted by Crippen LogP contribution is -2.48. The summed E-state index contributed by atoms with van der Waals surface area (Å²) < 4.78 is 5.21. The third-order valence-corrected chi connectivity index (χ3v) is 8.23. The lowest BCUT2D eigenvalue weighted by atomic mass is 9.80. The van der Waals surface area contributed by atoms with E-state index in [4.69, 9.17) is 4.74 Å². The van der Waals surface area contributed by atoms with Crippen LogP contribution < -0.4 is 9.64 Å². The molecule has 0 radical (unpaired) electrons. The first-order chi connectivity index (χ1) is 15.7. The summed E-state index contributed by atoms with van der Waals surface area (Å²) in [5.74, 6) is 0.617. The van der Waals surface area contributed by atoms with Crippen molar-refractivity contribution in [1.29, 1.82) is 0 Å². The van der Waals surface area contributed by atoms with Crippen LogP contribution in [0.2, 0.25) is 0 Å². The van der Waals surface area contributed by atoms with Gasteiger partial charge in [0.15, 0.2) is 0 Å². The standard InChI is InChI=1S/C26H33NO5S/c1-17-8-10-19(11-9-17)23(28)27(20-12-14-26(2,31)15-13-20)21-16-22(18-6-4-3-5-7-18)33-24(21)32-25(29)30/h3-7,16-17,19-20,31H,8-15H2,1-2H3,(H,29,30). The average molecular weight is 472 g/mol. The highest BCUT2D eigenvalue weighted by Crippen LogP contribution is 2.46. The van der Waals surface area contributed by atoms with Crippen molar-refractivity contribution < 1.29 is 24.5 Å². The first-order valence-electron chi connectivity index (χ1n) is 11.9. The van der Waals surface area contributed by atoms with Crippen molar-refractivity contribution in [3.8, 4) is 15.5 Å². The number of carbonyl (C=O) groups excluding carboxylic acids is 1. The molecule has 33 heavy (non-hydrogen) atoms. The normalized spacial score (nSPS) is 27.7. The number of carboxylic acid groups (broad SMARTS) is 1. The van der Waals surface area contributed by atoms with Gasteiger partial charge in [-0.3, -0.25) is 4.79 Å². The van der Waals surface area contributed by atoms with E-state index in [1.54, 1.807) is 0 Å². The monoisotopic (exact) mass is 471 g/mol. The Morgan fingerprint density at radius 1 is 1.06 bits per heavy atom. The van der Waals surface area contributed by atoms with Gasteiger partial charge in [-0.15, -0.1) is 0 Å². The average Bonchev–Trinajstić information content (AvgIpc) is 3.18. The van der Waals surface area contributed by atoms with Gasteiger partial charge in [-0.05, 0) is 75.8 Å². The predicted molar refractivity (Wildman–Crippen MR) is 130 cm³/mol. The minimum atomic E-state index is -1.39. The Balaban J connectivity index is 1.73. The van der Waals surface area contributed by atoms with E-state index in [2.05, 4.69) is 6.92 Å². The molecule has 0 atom stereocenters. The number of benzene rings is 1. The maximum atomic E-state index is 13.9. The molecule has 0 unspecified atom stereocenters. The van der Waals surface area contributed by atoms with Crippen LogP contribution in [0.25, 0.3) is 10.4 Å². The van der Waals surface area contributed by atoms with Gasteiger partial charge in [-0.2, -0.15) is 0 Å². The topological polar surface area (TPSA) is 87.1 Å². The zero-order chi connectivity index (χ0) is 23.6. The molecule has 6 nitrogen and oxygen atoms in total. The van der Waals surface area contributed by atoms with Crippen LogP contribution in [0.1, 0.15) is 65.2 Å². The maximum Gasteiger partial charge on any atom is 0.512 e. The number of ether oxygens (including phenoxy) is 1. The molecule has 2 fully saturated rings. The first kappa shape index (κ1) is 23.8. The fourth-order valence-corrected chi connectivity index (χ4v) is 6.11. The number of nitrogens with zero attached hydrogens (tertiary/aromatic N) is 1. The highest BCUT2D eigenvalue weighted by atomic mass is 32.1. The second kappa shape index (κ2) is 9.85. The Labute approximate surface area is 199 Å². The lowest BCUT2D eigenvalue weighted by Gasteiger charge is -2.41. The molecule has 1 aromatic heterocycles. The zero-order valence-electron chi connectivity index (χ0n) is 19.3. The van der Waals surface area contributed by atoms with Gasteiger partial charge in [0, 0.05) is 16.8 Å². The van der Waals surface area contributed by atoms with Crippen LogP contribution >= 0.6 is 11.3 Å². The smallest absolute Gasteiger partial charge is 0.449 e. The van der Waals surface area contributed by atoms with Crippen molar-refractivity contribution in [1.82, 2.24) is 0 Å². The van der Waals surface area contributed by atoms with Crippen molar-refractivity contribution in [3.63, 3.8) is 0 Å². The third-order valence-electron chi connectivity index (χ3n) is 7.18. The quantitative estimate of drug-likeness (QED) is 0.498. The molecule has 0 spiro atoms. The number of hydrogen-bond acceptors (Lipinski definition) is 5. The molecule has 1 amide bonds. The minimum absolute atomic E-state index is 0.0566. The van der Waals surface area contributed by atoms with Gasteiger partial charge in [0.1, 0.15) is 0 Å². The molecule has 7 heteroatoms. The molecule has 1 aromatic carbocycles. The van der Waals surface area contributed by atoms with Gasteiger partial charge in [0.2, 0.25) is 11.0 Å². The summed E-state index contributed by atoms with van der Waals surface area (Å²) in [6.07, 6.45) is 4.93. The molecule has 4 rings (SSSR count). The fraction of sp³-hybridized carbons (Fsp3) is 0.538. The second-order valence-corrected chi connectivity index (χ2v) is 10.9. The lowest BCUT2D eigenvalue weighted by molar-refractivity contribution is -0.124. The van der Waals surface area contributed by atoms with Gasteiger partial charge < -0.3 is 19.8 Å². The van der Waals surface area contributed by atoms with Crippen molar-refractivity contribution in [3.05, 3.63) is 36.4 Å². The minimum Gasteiger partial charge on any atom is -0.449 e. The van der Waals surface area contributed by atoms with Crippen LogP contribution in [0.15, 0.2) is 36.4 Å². The summed E-state index contributed by atoms with van der Waals surface area (Å²) >= 11 is 1.25. The Bertz CT molecular complexity index is 968. The molecule has 1 heterocycles. The van der Waals surface area contributed by atoms with E-state index in [0.717, 1.165) is 36.1 Å². The summed E-state index contributed by atoms with van der Waals surface area (Å²) in [6, 6.07) is 11.5. The van der Waals surface area contributed by atoms with Crippen molar-refractivity contribution >= 4 is 29.1 Å². The molecule has 178 valence electrons. The van der Waals surface area contributed by atoms with Gasteiger partial charge in [-0.1, -0.05) is 48.6 Å². The molecule has 2 aliphatic carbocycles. The van der Waals surface area contributed by atoms with Crippen LogP contribution in [0, 0.1) is 11.8 Å².